The van der Waals surface area contributed by atoms with Crippen molar-refractivity contribution in [1.82, 2.24) is 14.8 Å². The highest BCUT2D eigenvalue weighted by molar-refractivity contribution is 5.24. The van der Waals surface area contributed by atoms with Crippen molar-refractivity contribution in [3.63, 3.8) is 0 Å². The van der Waals surface area contributed by atoms with Crippen molar-refractivity contribution in [2.45, 2.75) is 69.2 Å². The summed E-state index contributed by atoms with van der Waals surface area (Å²) in [6, 6.07) is 10.9. The summed E-state index contributed by atoms with van der Waals surface area (Å²) in [5, 5.41) is 9.62. The summed E-state index contributed by atoms with van der Waals surface area (Å²) < 4.78 is 2.54. The van der Waals surface area contributed by atoms with Crippen LogP contribution in [0.5, 0.6) is 0 Å². The van der Waals surface area contributed by atoms with Crippen LogP contribution < -0.4 is 0 Å². The SMILES string of the molecule is c1ccc(Cn2c(C3CC3)nnc2C23CC4CC(CC(C4)C2)C3)cc1. The molecule has 0 N–H and O–H groups in total. The van der Waals surface area contributed by atoms with E-state index in [1.165, 1.54) is 68.6 Å². The zero-order chi connectivity index (χ0) is 16.4. The Morgan fingerprint density at radius 1 is 0.880 bits per heavy atom. The Balaban J connectivity index is 1.43. The topological polar surface area (TPSA) is 30.7 Å². The minimum atomic E-state index is 0.337. The number of hydrogen-bond acceptors (Lipinski definition) is 2. The summed E-state index contributed by atoms with van der Waals surface area (Å²) in [5.74, 6) is 6.15. The number of aromatic nitrogens is 3. The Morgan fingerprint density at radius 2 is 1.52 bits per heavy atom. The summed E-state index contributed by atoms with van der Waals surface area (Å²) in [4.78, 5) is 0. The lowest BCUT2D eigenvalue weighted by Gasteiger charge is -2.56. The molecule has 0 atom stereocenters. The molecule has 2 aromatic rings. The van der Waals surface area contributed by atoms with Gasteiger partial charge in [0.2, 0.25) is 0 Å². The lowest BCUT2D eigenvalue weighted by molar-refractivity contribution is -0.0110. The quantitative estimate of drug-likeness (QED) is 0.814. The fourth-order valence-corrected chi connectivity index (χ4v) is 6.66. The highest BCUT2D eigenvalue weighted by Crippen LogP contribution is 2.60. The molecule has 5 aliphatic rings. The largest absolute Gasteiger partial charge is 0.310 e. The molecule has 0 amide bonds. The van der Waals surface area contributed by atoms with Gasteiger partial charge >= 0.3 is 0 Å². The second-order valence-corrected chi connectivity index (χ2v) is 9.43. The highest BCUT2D eigenvalue weighted by atomic mass is 15.3. The molecule has 5 fully saturated rings. The Hall–Kier alpha value is -1.64. The van der Waals surface area contributed by atoms with Gasteiger partial charge in [-0.2, -0.15) is 0 Å². The Labute approximate surface area is 149 Å². The van der Waals surface area contributed by atoms with E-state index in [0.717, 1.165) is 24.3 Å². The van der Waals surface area contributed by atoms with Gasteiger partial charge < -0.3 is 4.57 Å². The van der Waals surface area contributed by atoms with Crippen LogP contribution in [-0.4, -0.2) is 14.8 Å². The predicted octanol–water partition coefficient (Wildman–Crippen LogP) is 4.67. The van der Waals surface area contributed by atoms with Crippen molar-refractivity contribution in [2.75, 3.05) is 0 Å². The molecule has 4 bridgehead atoms. The molecule has 1 aromatic carbocycles. The second kappa shape index (κ2) is 5.18. The first kappa shape index (κ1) is 14.5. The number of rotatable bonds is 4. The number of hydrogen-bond donors (Lipinski definition) is 0. The molecule has 0 saturated heterocycles. The predicted molar refractivity (Wildman–Crippen MR) is 97.4 cm³/mol. The van der Waals surface area contributed by atoms with E-state index in [0.29, 0.717) is 11.3 Å². The summed E-state index contributed by atoms with van der Waals surface area (Å²) in [7, 11) is 0. The van der Waals surface area contributed by atoms with E-state index < -0.39 is 0 Å². The molecule has 5 saturated carbocycles. The van der Waals surface area contributed by atoms with Gasteiger partial charge in [0.15, 0.2) is 0 Å². The third kappa shape index (κ3) is 2.31. The van der Waals surface area contributed by atoms with E-state index in [-0.39, 0.29) is 0 Å². The first-order chi connectivity index (χ1) is 12.3. The Bertz CT molecular complexity index is 752. The van der Waals surface area contributed by atoms with Crippen LogP contribution in [0.2, 0.25) is 0 Å². The molecule has 0 aliphatic heterocycles. The maximum Gasteiger partial charge on any atom is 0.139 e. The lowest BCUT2D eigenvalue weighted by atomic mass is 9.49. The van der Waals surface area contributed by atoms with E-state index in [9.17, 15) is 0 Å². The second-order valence-electron chi connectivity index (χ2n) is 9.43. The van der Waals surface area contributed by atoms with Gasteiger partial charge in [0.25, 0.3) is 0 Å². The van der Waals surface area contributed by atoms with E-state index in [1.54, 1.807) is 0 Å². The molecule has 1 aromatic heterocycles. The zero-order valence-corrected chi connectivity index (χ0v) is 14.9. The fourth-order valence-electron chi connectivity index (χ4n) is 6.66. The molecule has 3 heteroatoms. The van der Waals surface area contributed by atoms with Crippen molar-refractivity contribution < 1.29 is 0 Å². The summed E-state index contributed by atoms with van der Waals surface area (Å²) >= 11 is 0. The summed E-state index contributed by atoms with van der Waals surface area (Å²) in [6.07, 6.45) is 11.2. The molecule has 0 unspecified atom stereocenters. The van der Waals surface area contributed by atoms with Crippen molar-refractivity contribution in [2.24, 2.45) is 17.8 Å². The fraction of sp³-hybridized carbons (Fsp3) is 0.636. The molecular formula is C22H27N3. The monoisotopic (exact) mass is 333 g/mol. The van der Waals surface area contributed by atoms with E-state index in [2.05, 4.69) is 34.9 Å². The Morgan fingerprint density at radius 3 is 2.12 bits per heavy atom. The van der Waals surface area contributed by atoms with Crippen LogP contribution >= 0.6 is 0 Å². The van der Waals surface area contributed by atoms with Crippen LogP contribution in [0, 0.1) is 17.8 Å². The Kier molecular flexibility index (Phi) is 3.01. The van der Waals surface area contributed by atoms with Gasteiger partial charge in [-0.05, 0) is 74.7 Å². The third-order valence-corrected chi connectivity index (χ3v) is 7.42. The minimum absolute atomic E-state index is 0.337. The minimum Gasteiger partial charge on any atom is -0.310 e. The van der Waals surface area contributed by atoms with Crippen molar-refractivity contribution in [1.29, 1.82) is 0 Å². The van der Waals surface area contributed by atoms with Gasteiger partial charge in [0.05, 0.1) is 6.54 Å². The molecule has 7 rings (SSSR count). The van der Waals surface area contributed by atoms with Gasteiger partial charge in [0, 0.05) is 11.3 Å². The standard InChI is InChI=1S/C22H27N3/c1-2-4-15(5-3-1)14-25-20(19-6-7-19)23-24-21(25)22-11-16-8-17(12-22)10-18(9-16)13-22/h1-5,16-19H,6-14H2. The average Bonchev–Trinajstić information content (AvgIpc) is 3.35. The van der Waals surface area contributed by atoms with Gasteiger partial charge in [-0.15, -0.1) is 10.2 Å². The van der Waals surface area contributed by atoms with E-state index >= 15 is 0 Å². The maximum atomic E-state index is 4.88. The molecule has 25 heavy (non-hydrogen) atoms. The zero-order valence-electron chi connectivity index (χ0n) is 14.9. The first-order valence-electron chi connectivity index (χ1n) is 10.3. The van der Waals surface area contributed by atoms with Gasteiger partial charge in [0.1, 0.15) is 11.6 Å². The molecular weight excluding hydrogens is 306 g/mol. The van der Waals surface area contributed by atoms with Gasteiger partial charge in [-0.3, -0.25) is 0 Å². The normalized spacial score (nSPS) is 36.1. The molecule has 1 heterocycles. The van der Waals surface area contributed by atoms with Crippen molar-refractivity contribution >= 4 is 0 Å². The van der Waals surface area contributed by atoms with Gasteiger partial charge in [-0.25, -0.2) is 0 Å². The van der Waals surface area contributed by atoms with Crippen molar-refractivity contribution in [3.05, 3.63) is 47.5 Å². The summed E-state index contributed by atoms with van der Waals surface area (Å²) in [6.45, 7) is 0.955. The van der Waals surface area contributed by atoms with Crippen LogP contribution in [0.15, 0.2) is 30.3 Å². The molecule has 3 nitrogen and oxygen atoms in total. The number of nitrogens with zero attached hydrogens (tertiary/aromatic N) is 3. The molecule has 5 aliphatic carbocycles. The van der Waals surface area contributed by atoms with E-state index in [4.69, 9.17) is 10.2 Å². The highest BCUT2D eigenvalue weighted by Gasteiger charge is 2.54. The first-order valence-corrected chi connectivity index (χ1v) is 10.3. The lowest BCUT2D eigenvalue weighted by Crippen LogP contribution is -2.49. The van der Waals surface area contributed by atoms with Crippen LogP contribution in [-0.2, 0) is 12.0 Å². The van der Waals surface area contributed by atoms with E-state index in [1.807, 2.05) is 0 Å². The molecule has 0 radical (unpaired) electrons. The van der Waals surface area contributed by atoms with Crippen LogP contribution in [0.4, 0.5) is 0 Å². The summed E-state index contributed by atoms with van der Waals surface area (Å²) in [5.41, 5.74) is 1.72. The van der Waals surface area contributed by atoms with Crippen LogP contribution in [0.1, 0.15) is 74.5 Å². The maximum absolute atomic E-state index is 4.88. The third-order valence-electron chi connectivity index (χ3n) is 7.42. The number of benzene rings is 1. The molecule has 130 valence electrons. The van der Waals surface area contributed by atoms with Gasteiger partial charge in [-0.1, -0.05) is 30.3 Å². The van der Waals surface area contributed by atoms with Crippen molar-refractivity contribution in [3.8, 4) is 0 Å². The average molecular weight is 333 g/mol. The van der Waals surface area contributed by atoms with Crippen LogP contribution in [0.25, 0.3) is 0 Å². The van der Waals surface area contributed by atoms with Crippen LogP contribution in [0.3, 0.4) is 0 Å². The molecule has 0 spiro atoms. The smallest absolute Gasteiger partial charge is 0.139 e.